The Morgan fingerprint density at radius 1 is 1.03 bits per heavy atom. The Morgan fingerprint density at radius 2 is 1.67 bits per heavy atom. The summed E-state index contributed by atoms with van der Waals surface area (Å²) >= 11 is 0. The molecule has 2 aromatic rings. The number of hydrogen-bond donors (Lipinski definition) is 3. The highest BCUT2D eigenvalue weighted by Crippen LogP contribution is 2.16. The number of nitrogens with one attached hydrogen (secondary N) is 3. The van der Waals surface area contributed by atoms with Crippen LogP contribution in [0.2, 0.25) is 0 Å². The highest BCUT2D eigenvalue weighted by molar-refractivity contribution is 6.39. The molecule has 7 nitrogen and oxygen atoms in total. The van der Waals surface area contributed by atoms with Gasteiger partial charge in [-0.3, -0.25) is 9.59 Å². The van der Waals surface area contributed by atoms with Crippen molar-refractivity contribution in [2.45, 2.75) is 6.04 Å². The number of halogens is 1. The molecule has 0 bridgehead atoms. The Bertz CT molecular complexity index is 850. The van der Waals surface area contributed by atoms with Gasteiger partial charge in [0, 0.05) is 31.0 Å². The van der Waals surface area contributed by atoms with Crippen molar-refractivity contribution in [3.05, 3.63) is 59.9 Å². The first-order valence-corrected chi connectivity index (χ1v) is 9.98. The highest BCUT2D eigenvalue weighted by Gasteiger charge is 2.28. The smallest absolute Gasteiger partial charge is 0.313 e. The summed E-state index contributed by atoms with van der Waals surface area (Å²) in [7, 11) is 3.97. The van der Waals surface area contributed by atoms with Crippen LogP contribution < -0.4 is 20.4 Å². The number of carbonyl (C=O) groups excluding carboxylic acids is 2. The lowest BCUT2D eigenvalue weighted by atomic mass is 10.0. The Balaban J connectivity index is 1.65. The van der Waals surface area contributed by atoms with Crippen molar-refractivity contribution >= 4 is 23.2 Å². The second-order valence-electron chi connectivity index (χ2n) is 7.48. The number of amides is 2. The van der Waals surface area contributed by atoms with Gasteiger partial charge in [0.2, 0.25) is 0 Å². The molecule has 1 aliphatic rings. The van der Waals surface area contributed by atoms with Gasteiger partial charge in [0.25, 0.3) is 0 Å². The Labute approximate surface area is 175 Å². The zero-order valence-corrected chi connectivity index (χ0v) is 17.3. The maximum Gasteiger partial charge on any atom is 0.313 e. The van der Waals surface area contributed by atoms with Crippen molar-refractivity contribution < 1.29 is 23.6 Å². The summed E-state index contributed by atoms with van der Waals surface area (Å²) in [5.41, 5.74) is 2.56. The maximum absolute atomic E-state index is 13.0. The molecule has 0 aromatic heterocycles. The summed E-state index contributed by atoms with van der Waals surface area (Å²) in [5, 5.41) is 5.23. The highest BCUT2D eigenvalue weighted by atomic mass is 19.1. The SMILES string of the molecule is CN(C)c1ccc([C@H](CNC(=O)C(=O)Nc2ccc(F)cc2)[NH+]2CCOCC2)cc1. The minimum Gasteiger partial charge on any atom is -0.378 e. The van der Waals surface area contributed by atoms with Crippen LogP contribution in [0.1, 0.15) is 11.6 Å². The van der Waals surface area contributed by atoms with Gasteiger partial charge in [-0.05, 0) is 36.4 Å². The lowest BCUT2D eigenvalue weighted by Gasteiger charge is -2.32. The summed E-state index contributed by atoms with van der Waals surface area (Å²) in [4.78, 5) is 27.9. The molecule has 1 fully saturated rings. The van der Waals surface area contributed by atoms with Crippen LogP contribution >= 0.6 is 0 Å². The fourth-order valence-electron chi connectivity index (χ4n) is 3.48. The second-order valence-corrected chi connectivity index (χ2v) is 7.48. The van der Waals surface area contributed by atoms with Crippen LogP contribution in [0.4, 0.5) is 15.8 Å². The summed E-state index contributed by atoms with van der Waals surface area (Å²) in [6.07, 6.45) is 0. The van der Waals surface area contributed by atoms with E-state index in [1.165, 1.54) is 29.2 Å². The van der Waals surface area contributed by atoms with E-state index in [0.29, 0.717) is 25.4 Å². The van der Waals surface area contributed by atoms with Gasteiger partial charge < -0.3 is 25.2 Å². The number of carbonyl (C=O) groups is 2. The van der Waals surface area contributed by atoms with Gasteiger partial charge >= 0.3 is 11.8 Å². The summed E-state index contributed by atoms with van der Waals surface area (Å²) in [5.74, 6) is -1.91. The fourth-order valence-corrected chi connectivity index (χ4v) is 3.48. The largest absolute Gasteiger partial charge is 0.378 e. The zero-order valence-electron chi connectivity index (χ0n) is 17.3. The third-order valence-electron chi connectivity index (χ3n) is 5.21. The van der Waals surface area contributed by atoms with E-state index in [4.69, 9.17) is 4.74 Å². The van der Waals surface area contributed by atoms with Crippen LogP contribution in [-0.2, 0) is 14.3 Å². The van der Waals surface area contributed by atoms with Gasteiger partial charge in [-0.15, -0.1) is 0 Å². The molecule has 1 saturated heterocycles. The average Bonchev–Trinajstić information content (AvgIpc) is 2.76. The summed E-state index contributed by atoms with van der Waals surface area (Å²) < 4.78 is 18.5. The van der Waals surface area contributed by atoms with Crippen molar-refractivity contribution in [3.63, 3.8) is 0 Å². The minimum absolute atomic E-state index is 0.00711. The average molecular weight is 415 g/mol. The fraction of sp³-hybridized carbons (Fsp3) is 0.364. The van der Waals surface area contributed by atoms with Crippen LogP contribution in [0.3, 0.4) is 0 Å². The van der Waals surface area contributed by atoms with Crippen LogP contribution in [0.25, 0.3) is 0 Å². The molecule has 0 unspecified atom stereocenters. The third kappa shape index (κ3) is 5.77. The number of rotatable bonds is 6. The van der Waals surface area contributed by atoms with Crippen LogP contribution in [-0.4, -0.2) is 58.8 Å². The van der Waals surface area contributed by atoms with Gasteiger partial charge in [0.05, 0.1) is 19.8 Å². The molecule has 8 heteroatoms. The lowest BCUT2D eigenvalue weighted by molar-refractivity contribution is -0.937. The first kappa shape index (κ1) is 21.7. The predicted molar refractivity (Wildman–Crippen MR) is 113 cm³/mol. The van der Waals surface area contributed by atoms with Crippen molar-refractivity contribution in [2.24, 2.45) is 0 Å². The van der Waals surface area contributed by atoms with E-state index >= 15 is 0 Å². The van der Waals surface area contributed by atoms with Crippen molar-refractivity contribution in [1.29, 1.82) is 0 Å². The van der Waals surface area contributed by atoms with E-state index in [9.17, 15) is 14.0 Å². The molecule has 1 heterocycles. The first-order chi connectivity index (χ1) is 14.4. The van der Waals surface area contributed by atoms with Crippen LogP contribution in [0.15, 0.2) is 48.5 Å². The monoisotopic (exact) mass is 415 g/mol. The van der Waals surface area contributed by atoms with E-state index in [1.54, 1.807) is 0 Å². The molecule has 1 aliphatic heterocycles. The molecular weight excluding hydrogens is 387 g/mol. The van der Waals surface area contributed by atoms with Crippen molar-refractivity contribution in [1.82, 2.24) is 5.32 Å². The van der Waals surface area contributed by atoms with E-state index < -0.39 is 17.6 Å². The van der Waals surface area contributed by atoms with Crippen LogP contribution in [0.5, 0.6) is 0 Å². The number of ether oxygens (including phenoxy) is 1. The number of anilines is 2. The predicted octanol–water partition coefficient (Wildman–Crippen LogP) is 0.603. The number of benzene rings is 2. The molecule has 2 aromatic carbocycles. The lowest BCUT2D eigenvalue weighted by Crippen LogP contribution is -3.15. The molecular formula is C22H28FN4O3+. The standard InChI is InChI=1S/C22H27FN4O3/c1-26(2)19-9-3-16(4-10-19)20(27-11-13-30-14-12-27)15-24-21(28)22(29)25-18-7-5-17(23)6-8-18/h3-10,20H,11-15H2,1-2H3,(H,24,28)(H,25,29)/p+1/t20-/m0/s1. The van der Waals surface area contributed by atoms with E-state index in [1.807, 2.05) is 31.1 Å². The Kier molecular flexibility index (Phi) is 7.37. The molecule has 1 atom stereocenters. The molecule has 2 amide bonds. The van der Waals surface area contributed by atoms with E-state index in [0.717, 1.165) is 24.3 Å². The summed E-state index contributed by atoms with van der Waals surface area (Å²) in [6, 6.07) is 13.5. The normalized spacial score (nSPS) is 15.3. The second kappa shape index (κ2) is 10.2. The number of nitrogens with zero attached hydrogens (tertiary/aromatic N) is 1. The maximum atomic E-state index is 13.0. The minimum atomic E-state index is -0.778. The van der Waals surface area contributed by atoms with Gasteiger partial charge in [0.1, 0.15) is 24.9 Å². The topological polar surface area (TPSA) is 75.1 Å². The molecule has 0 saturated carbocycles. The first-order valence-electron chi connectivity index (χ1n) is 9.98. The molecule has 0 radical (unpaired) electrons. The van der Waals surface area contributed by atoms with Gasteiger partial charge in [-0.2, -0.15) is 0 Å². The van der Waals surface area contributed by atoms with Gasteiger partial charge in [-0.1, -0.05) is 12.1 Å². The van der Waals surface area contributed by atoms with Crippen LogP contribution in [0, 0.1) is 5.82 Å². The van der Waals surface area contributed by atoms with E-state index in [2.05, 4.69) is 22.8 Å². The molecule has 160 valence electrons. The Hall–Kier alpha value is -2.97. The van der Waals surface area contributed by atoms with Crippen molar-refractivity contribution in [2.75, 3.05) is 57.2 Å². The third-order valence-corrected chi connectivity index (χ3v) is 5.21. The number of quaternary nitrogens is 1. The summed E-state index contributed by atoms with van der Waals surface area (Å²) in [6.45, 7) is 3.32. The molecule has 0 spiro atoms. The number of hydrogen-bond acceptors (Lipinski definition) is 4. The quantitative estimate of drug-likeness (QED) is 0.605. The van der Waals surface area contributed by atoms with E-state index in [-0.39, 0.29) is 6.04 Å². The van der Waals surface area contributed by atoms with Crippen molar-refractivity contribution in [3.8, 4) is 0 Å². The molecule has 3 rings (SSSR count). The van der Waals surface area contributed by atoms with Gasteiger partial charge in [0.15, 0.2) is 0 Å². The molecule has 30 heavy (non-hydrogen) atoms. The van der Waals surface area contributed by atoms with Gasteiger partial charge in [-0.25, -0.2) is 4.39 Å². The molecule has 3 N–H and O–H groups in total. The Morgan fingerprint density at radius 3 is 2.27 bits per heavy atom. The number of morpholine rings is 1. The molecule has 0 aliphatic carbocycles. The zero-order chi connectivity index (χ0) is 21.5.